The maximum atomic E-state index is 12.7. The zero-order chi connectivity index (χ0) is 20.1. The summed E-state index contributed by atoms with van der Waals surface area (Å²) in [5, 5.41) is 3.19. The summed E-state index contributed by atoms with van der Waals surface area (Å²) in [4.78, 5) is 26.4. The molecule has 6 heteroatoms. The molecule has 3 rings (SSSR count). The molecule has 1 N–H and O–H groups in total. The van der Waals surface area contributed by atoms with Gasteiger partial charge in [0.05, 0.1) is 20.6 Å². The number of methoxy groups -OCH3 is 2. The molecule has 148 valence electrons. The number of benzene rings is 2. The number of nitrogens with one attached hydrogen (secondary N) is 1. The fraction of sp³-hybridized carbons (Fsp3) is 0.364. The Balaban J connectivity index is 1.62. The summed E-state index contributed by atoms with van der Waals surface area (Å²) in [5.74, 6) is 0.963. The van der Waals surface area contributed by atoms with Crippen LogP contribution in [0.25, 0.3) is 0 Å². The van der Waals surface area contributed by atoms with E-state index in [1.165, 1.54) is 10.5 Å². The Bertz CT molecular complexity index is 848. The fourth-order valence-electron chi connectivity index (χ4n) is 3.35. The molecule has 2 aromatic rings. The highest BCUT2D eigenvalue weighted by Gasteiger charge is 2.38. The predicted octanol–water partition coefficient (Wildman–Crippen LogP) is 3.05. The first kappa shape index (κ1) is 19.7. The number of imide groups is 1. The highest BCUT2D eigenvalue weighted by molar-refractivity contribution is 6.06. The van der Waals surface area contributed by atoms with E-state index in [1.54, 1.807) is 14.2 Å². The molecule has 1 heterocycles. The van der Waals surface area contributed by atoms with Gasteiger partial charge in [-0.05, 0) is 48.2 Å². The average molecular weight is 382 g/mol. The van der Waals surface area contributed by atoms with Crippen molar-refractivity contribution in [3.05, 3.63) is 53.6 Å². The van der Waals surface area contributed by atoms with E-state index in [1.807, 2.05) is 42.5 Å². The smallest absolute Gasteiger partial charge is 0.252 e. The van der Waals surface area contributed by atoms with Gasteiger partial charge in [0.2, 0.25) is 5.91 Å². The van der Waals surface area contributed by atoms with E-state index in [0.29, 0.717) is 24.5 Å². The number of likely N-dealkylation sites (tertiary alicyclic amines) is 1. The summed E-state index contributed by atoms with van der Waals surface area (Å²) < 4.78 is 10.5. The van der Waals surface area contributed by atoms with Gasteiger partial charge < -0.3 is 14.8 Å². The first-order valence-corrected chi connectivity index (χ1v) is 9.46. The van der Waals surface area contributed by atoms with Gasteiger partial charge in [0.15, 0.2) is 11.5 Å². The lowest BCUT2D eigenvalue weighted by molar-refractivity contribution is -0.138. The molecule has 0 spiro atoms. The quantitative estimate of drug-likeness (QED) is 0.711. The Morgan fingerprint density at radius 1 is 1.00 bits per heavy atom. The third kappa shape index (κ3) is 4.27. The van der Waals surface area contributed by atoms with Crippen LogP contribution >= 0.6 is 0 Å². The molecule has 0 bridgehead atoms. The van der Waals surface area contributed by atoms with E-state index >= 15 is 0 Å². The van der Waals surface area contributed by atoms with Gasteiger partial charge in [-0.3, -0.25) is 14.5 Å². The highest BCUT2D eigenvalue weighted by Crippen LogP contribution is 2.28. The summed E-state index contributed by atoms with van der Waals surface area (Å²) >= 11 is 0. The van der Waals surface area contributed by atoms with Crippen molar-refractivity contribution >= 4 is 17.5 Å². The molecule has 0 aliphatic carbocycles. The molecule has 1 unspecified atom stereocenters. The number of nitrogens with zero attached hydrogens (tertiary/aromatic N) is 1. The van der Waals surface area contributed by atoms with Gasteiger partial charge >= 0.3 is 0 Å². The van der Waals surface area contributed by atoms with Crippen LogP contribution in [0, 0.1) is 0 Å². The number of hydrogen-bond acceptors (Lipinski definition) is 5. The summed E-state index contributed by atoms with van der Waals surface area (Å²) in [6.07, 6.45) is 1.71. The lowest BCUT2D eigenvalue weighted by Gasteiger charge is -2.17. The molecule has 0 saturated carbocycles. The number of carbonyl (C=O) groups is 2. The van der Waals surface area contributed by atoms with Crippen molar-refractivity contribution in [2.24, 2.45) is 0 Å². The minimum atomic E-state index is -0.509. The third-order valence-electron chi connectivity index (χ3n) is 5.02. The van der Waals surface area contributed by atoms with E-state index in [4.69, 9.17) is 9.47 Å². The average Bonchev–Trinajstić information content (AvgIpc) is 2.99. The second kappa shape index (κ2) is 8.78. The van der Waals surface area contributed by atoms with E-state index in [2.05, 4.69) is 12.2 Å². The number of hydrogen-bond donors (Lipinski definition) is 1. The maximum absolute atomic E-state index is 12.7. The Labute approximate surface area is 165 Å². The molecule has 1 saturated heterocycles. The zero-order valence-electron chi connectivity index (χ0n) is 16.5. The normalized spacial score (nSPS) is 16.4. The summed E-state index contributed by atoms with van der Waals surface area (Å²) in [6.45, 7) is 2.44. The van der Waals surface area contributed by atoms with E-state index in [-0.39, 0.29) is 18.2 Å². The van der Waals surface area contributed by atoms with Gasteiger partial charge in [0, 0.05) is 12.2 Å². The Kier molecular flexibility index (Phi) is 6.19. The van der Waals surface area contributed by atoms with Gasteiger partial charge in [0.1, 0.15) is 6.04 Å². The molecular weight excluding hydrogens is 356 g/mol. The van der Waals surface area contributed by atoms with Crippen molar-refractivity contribution in [2.45, 2.75) is 32.2 Å². The Morgan fingerprint density at radius 3 is 2.32 bits per heavy atom. The van der Waals surface area contributed by atoms with Crippen molar-refractivity contribution in [1.29, 1.82) is 0 Å². The van der Waals surface area contributed by atoms with Gasteiger partial charge in [0.25, 0.3) is 5.91 Å². The van der Waals surface area contributed by atoms with Crippen molar-refractivity contribution in [1.82, 2.24) is 4.90 Å². The van der Waals surface area contributed by atoms with Crippen LogP contribution in [0.5, 0.6) is 11.5 Å². The second-order valence-electron chi connectivity index (χ2n) is 6.77. The maximum Gasteiger partial charge on any atom is 0.252 e. The van der Waals surface area contributed by atoms with Crippen LogP contribution in [0.3, 0.4) is 0 Å². The van der Waals surface area contributed by atoms with Crippen LogP contribution < -0.4 is 14.8 Å². The number of aryl methyl sites for hydroxylation is 1. The SMILES string of the molecule is CCc1ccc(NC2CC(=O)N(CCc3ccc(OC)c(OC)c3)C2=O)cc1. The largest absolute Gasteiger partial charge is 0.493 e. The van der Waals surface area contributed by atoms with E-state index in [9.17, 15) is 9.59 Å². The lowest BCUT2D eigenvalue weighted by Crippen LogP contribution is -2.36. The molecule has 0 aromatic heterocycles. The number of anilines is 1. The fourth-order valence-corrected chi connectivity index (χ4v) is 3.35. The number of carbonyl (C=O) groups excluding carboxylic acids is 2. The lowest BCUT2D eigenvalue weighted by atomic mass is 10.1. The summed E-state index contributed by atoms with van der Waals surface area (Å²) in [5.41, 5.74) is 3.06. The number of amides is 2. The van der Waals surface area contributed by atoms with Crippen LogP contribution in [0.2, 0.25) is 0 Å². The van der Waals surface area contributed by atoms with Gasteiger partial charge in [-0.1, -0.05) is 25.1 Å². The molecule has 2 amide bonds. The van der Waals surface area contributed by atoms with Crippen LogP contribution in [0.1, 0.15) is 24.5 Å². The molecule has 1 atom stereocenters. The minimum absolute atomic E-state index is 0.145. The van der Waals surface area contributed by atoms with Crippen molar-refractivity contribution < 1.29 is 19.1 Å². The number of ether oxygens (including phenoxy) is 2. The first-order valence-electron chi connectivity index (χ1n) is 9.46. The van der Waals surface area contributed by atoms with Crippen molar-refractivity contribution in [3.8, 4) is 11.5 Å². The second-order valence-corrected chi connectivity index (χ2v) is 6.77. The molecule has 2 aromatic carbocycles. The molecule has 1 aliphatic rings. The number of rotatable bonds is 8. The molecule has 1 aliphatic heterocycles. The molecule has 1 fully saturated rings. The van der Waals surface area contributed by atoms with Gasteiger partial charge in [-0.25, -0.2) is 0 Å². The van der Waals surface area contributed by atoms with Crippen LogP contribution in [-0.2, 0) is 22.4 Å². The van der Waals surface area contributed by atoms with Crippen LogP contribution in [0.4, 0.5) is 5.69 Å². The Morgan fingerprint density at radius 2 is 1.68 bits per heavy atom. The van der Waals surface area contributed by atoms with Gasteiger partial charge in [-0.2, -0.15) is 0 Å². The van der Waals surface area contributed by atoms with Gasteiger partial charge in [-0.15, -0.1) is 0 Å². The highest BCUT2D eigenvalue weighted by atomic mass is 16.5. The Hall–Kier alpha value is -3.02. The third-order valence-corrected chi connectivity index (χ3v) is 5.02. The van der Waals surface area contributed by atoms with E-state index in [0.717, 1.165) is 17.7 Å². The molecule has 28 heavy (non-hydrogen) atoms. The zero-order valence-corrected chi connectivity index (χ0v) is 16.5. The first-order chi connectivity index (χ1) is 13.5. The summed E-state index contributed by atoms with van der Waals surface area (Å²) in [6, 6.07) is 13.0. The van der Waals surface area contributed by atoms with Crippen LogP contribution in [-0.4, -0.2) is 43.5 Å². The van der Waals surface area contributed by atoms with Crippen LogP contribution in [0.15, 0.2) is 42.5 Å². The predicted molar refractivity (Wildman–Crippen MR) is 108 cm³/mol. The summed E-state index contributed by atoms with van der Waals surface area (Å²) in [7, 11) is 3.17. The minimum Gasteiger partial charge on any atom is -0.493 e. The van der Waals surface area contributed by atoms with Crippen molar-refractivity contribution in [2.75, 3.05) is 26.1 Å². The standard InChI is InChI=1S/C22H26N2O4/c1-4-15-5-8-17(9-6-15)23-18-14-21(25)24(22(18)26)12-11-16-7-10-19(27-2)20(13-16)28-3/h5-10,13,18,23H,4,11-12,14H2,1-3H3. The monoisotopic (exact) mass is 382 g/mol. The molecule has 6 nitrogen and oxygen atoms in total. The van der Waals surface area contributed by atoms with E-state index < -0.39 is 6.04 Å². The van der Waals surface area contributed by atoms with Crippen molar-refractivity contribution in [3.63, 3.8) is 0 Å². The molecule has 0 radical (unpaired) electrons. The topological polar surface area (TPSA) is 67.9 Å². The molecular formula is C22H26N2O4.